The third-order valence-electron chi connectivity index (χ3n) is 24.9. The molecule has 0 aliphatic carbocycles. The van der Waals surface area contributed by atoms with Gasteiger partial charge in [-0.05, 0) is 247 Å². The molecule has 6 atom stereocenters. The van der Waals surface area contributed by atoms with Crippen molar-refractivity contribution in [3.05, 3.63) is 408 Å². The number of aryl methyl sites for hydroxylation is 1. The maximum Gasteiger partial charge on any atom is 0.262 e. The highest BCUT2D eigenvalue weighted by molar-refractivity contribution is 6.43. The number of fused-ring (bicyclic) bond motifs is 2. The zero-order valence-corrected chi connectivity index (χ0v) is 72.6. The molecule has 5 aliphatic rings. The fourth-order valence-electron chi connectivity index (χ4n) is 18.5. The molecule has 2 aromatic heterocycles. The second-order valence-electron chi connectivity index (χ2n) is 33.9. The van der Waals surface area contributed by atoms with E-state index in [4.69, 9.17) is 56.2 Å². The zero-order chi connectivity index (χ0) is 90.9. The molecular formula is C113H82N4O18. The summed E-state index contributed by atoms with van der Waals surface area (Å²) in [6.45, 7) is 4.09. The van der Waals surface area contributed by atoms with Crippen LogP contribution in [0.2, 0.25) is 0 Å². The first kappa shape index (κ1) is 82.8. The second kappa shape index (κ2) is 34.9. The lowest BCUT2D eigenvalue weighted by molar-refractivity contribution is -0.127. The smallest absolute Gasteiger partial charge is 0.262 e. The van der Waals surface area contributed by atoms with E-state index < -0.39 is 47.8 Å². The van der Waals surface area contributed by atoms with Crippen LogP contribution in [0.1, 0.15) is 95.6 Å². The Morgan fingerprint density at radius 1 is 0.326 bits per heavy atom. The Kier molecular flexibility index (Phi) is 21.4. The Morgan fingerprint density at radius 3 is 0.985 bits per heavy atom. The van der Waals surface area contributed by atoms with E-state index in [2.05, 4.69) is 0 Å². The van der Waals surface area contributed by atoms with Gasteiger partial charge in [-0.15, -0.1) is 0 Å². The molecule has 3 fully saturated rings. The third kappa shape index (κ3) is 16.2. The van der Waals surface area contributed by atoms with Gasteiger partial charge in [-0.3, -0.25) is 43.6 Å². The Hall–Kier alpha value is -16.6. The quantitative estimate of drug-likeness (QED) is 0.0184. The monoisotopic (exact) mass is 1780 g/mol. The van der Waals surface area contributed by atoms with E-state index >= 15 is 24.0 Å². The molecule has 22 heteroatoms. The van der Waals surface area contributed by atoms with Crippen LogP contribution in [0.3, 0.4) is 0 Å². The molecule has 0 bridgehead atoms. The van der Waals surface area contributed by atoms with Crippen molar-refractivity contribution >= 4 is 95.4 Å². The molecule has 5 amide bonds. The fourth-order valence-corrected chi connectivity index (χ4v) is 18.5. The summed E-state index contributed by atoms with van der Waals surface area (Å²) in [7, 11) is 0. The molecule has 0 radical (unpaired) electrons. The lowest BCUT2D eigenvalue weighted by Gasteiger charge is -2.40. The number of amides is 5. The summed E-state index contributed by atoms with van der Waals surface area (Å²) in [6.07, 6.45) is 3.98. The van der Waals surface area contributed by atoms with Crippen LogP contribution < -0.4 is 43.0 Å². The number of epoxide rings is 3. The van der Waals surface area contributed by atoms with E-state index in [1.807, 2.05) is 128 Å². The lowest BCUT2D eigenvalue weighted by atomic mass is 9.80. The minimum atomic E-state index is -2.03. The average molecular weight is 1780 g/mol. The van der Waals surface area contributed by atoms with Crippen LogP contribution >= 0.6 is 0 Å². The number of aliphatic hydroxyl groups excluding tert-OH is 1. The van der Waals surface area contributed by atoms with Crippen LogP contribution in [0.5, 0.6) is 80.5 Å². The number of furan rings is 2. The highest BCUT2D eigenvalue weighted by Gasteiger charge is 2.50. The third-order valence-corrected chi connectivity index (χ3v) is 24.9. The van der Waals surface area contributed by atoms with Crippen molar-refractivity contribution in [1.82, 2.24) is 9.80 Å². The molecular weight excluding hydrogens is 1700 g/mol. The van der Waals surface area contributed by atoms with Gasteiger partial charge < -0.3 is 61.3 Å². The largest absolute Gasteiger partial charge is 0.467 e. The van der Waals surface area contributed by atoms with Crippen molar-refractivity contribution < 1.29 is 85.3 Å². The van der Waals surface area contributed by atoms with E-state index in [1.54, 1.807) is 218 Å². The van der Waals surface area contributed by atoms with Crippen LogP contribution in [-0.4, -0.2) is 82.6 Å². The first-order chi connectivity index (χ1) is 66.3. The zero-order valence-electron chi connectivity index (χ0n) is 72.6. The van der Waals surface area contributed by atoms with E-state index in [-0.39, 0.29) is 135 Å². The highest BCUT2D eigenvalue weighted by atomic mass is 16.6. The van der Waals surface area contributed by atoms with Crippen molar-refractivity contribution in [3.8, 4) is 80.5 Å². The van der Waals surface area contributed by atoms with E-state index in [1.165, 1.54) is 22.3 Å². The number of carbonyl (C=O) groups excluding carboxylic acids is 5. The fraction of sp³-hybridized carbons (Fsp3) is 0.124. The predicted octanol–water partition coefficient (Wildman–Crippen LogP) is 25.1. The summed E-state index contributed by atoms with van der Waals surface area (Å²) in [6, 6.07) is 96.8. The van der Waals surface area contributed by atoms with Crippen molar-refractivity contribution in [1.29, 1.82) is 0 Å². The number of imide groups is 1. The number of hydrogen-bond acceptors (Lipinski definition) is 18. The predicted molar refractivity (Wildman–Crippen MR) is 508 cm³/mol. The molecule has 6 unspecified atom stereocenters. The molecule has 662 valence electrons. The molecule has 22 nitrogen and oxygen atoms in total. The minimum Gasteiger partial charge on any atom is -0.467 e. The van der Waals surface area contributed by atoms with Crippen LogP contribution in [0.4, 0.5) is 22.7 Å². The summed E-state index contributed by atoms with van der Waals surface area (Å²) in [4.78, 5) is 90.3. The molecule has 0 spiro atoms. The van der Waals surface area contributed by atoms with Gasteiger partial charge >= 0.3 is 0 Å². The normalized spacial score (nSPS) is 16.2. The Bertz CT molecular complexity index is 7360. The van der Waals surface area contributed by atoms with Crippen molar-refractivity contribution in [3.63, 3.8) is 0 Å². The summed E-state index contributed by atoms with van der Waals surface area (Å²) in [5.74, 6) is -0.0296. The number of nitrogens with zero attached hydrogens (tertiary/aromatic N) is 4. The van der Waals surface area contributed by atoms with E-state index in [9.17, 15) is 5.11 Å². The maximum absolute atomic E-state index is 17.3. The first-order valence-corrected chi connectivity index (χ1v) is 44.8. The summed E-state index contributed by atoms with van der Waals surface area (Å²) in [5, 5.41) is 15.8. The van der Waals surface area contributed by atoms with Crippen molar-refractivity contribution in [2.24, 2.45) is 0 Å². The molecule has 0 saturated carbocycles. The van der Waals surface area contributed by atoms with Gasteiger partial charge in [0.15, 0.2) is 18.3 Å². The number of hydrogen-bond donors (Lipinski definition) is 1. The number of anilines is 4. The highest BCUT2D eigenvalue weighted by Crippen LogP contribution is 2.60. The average Bonchev–Trinajstić information content (AvgIpc) is 1.36. The maximum atomic E-state index is 17.3. The topological polar surface area (TPSA) is 247 Å². The minimum absolute atomic E-state index is 0.0131. The molecule has 18 aromatic rings. The van der Waals surface area contributed by atoms with Gasteiger partial charge in [0, 0.05) is 90.7 Å². The van der Waals surface area contributed by atoms with Crippen molar-refractivity contribution in [2.45, 2.75) is 69.2 Å². The molecule has 135 heavy (non-hydrogen) atoms. The number of benzene rings is 16. The Morgan fingerprint density at radius 2 is 0.644 bits per heavy atom. The van der Waals surface area contributed by atoms with Crippen LogP contribution in [0.25, 0.3) is 43.1 Å². The number of rotatable bonds is 31. The molecule has 1 N–H and O–H groups in total. The van der Waals surface area contributed by atoms with E-state index in [0.717, 1.165) is 51.3 Å². The van der Waals surface area contributed by atoms with Gasteiger partial charge in [0.2, 0.25) is 0 Å². The Labute approximate surface area is 773 Å². The molecule has 3 saturated heterocycles. The number of aliphatic hydroxyl groups is 1. The molecule has 7 heterocycles. The summed E-state index contributed by atoms with van der Waals surface area (Å²) < 4.78 is 79.3. The molecule has 23 rings (SSSR count). The van der Waals surface area contributed by atoms with Gasteiger partial charge in [0.05, 0.1) is 67.3 Å². The van der Waals surface area contributed by atoms with Gasteiger partial charge in [-0.2, -0.15) is 0 Å². The van der Waals surface area contributed by atoms with Crippen molar-refractivity contribution in [2.75, 3.05) is 29.6 Å². The Balaban J connectivity index is 0.799. The standard InChI is InChI=1S/C113H82N4O18/c1-2-67-36-38-78(39-37-67)132-94-60-88-98-89(109(119)116(108(88)118)106(92-34-18-52-124-92)112(122)114(71-23-7-3-8-24-71)72-25-9-4-10-26-72)62-96(134-80-48-42-76(43-49-80)130-83-32-16-21-69(55-83)58-86-65-127-86)102-103-97(135-81-50-44-77(45-51-81)131-84-33-17-22-70(56-84)59-87-66-128-87)63-91-99-90(110(120)117(111(91)121)107(93-35-19-53-125-93)113(123)115(73-27-11-5-12-28-73)74-29-13-6-14-30-74)61-95(101(105(99)103)100(94)104(98)102)133-79-46-40-75(41-47-79)129-82-31-15-20-68(54-82)57-85-64-126-85/h3-56,60-63,85-87,106-107,109,119H,2,57-59,64-66H2,1H3. The van der Waals surface area contributed by atoms with Gasteiger partial charge in [0.1, 0.15) is 92.0 Å². The molecule has 5 aliphatic heterocycles. The second-order valence-corrected chi connectivity index (χ2v) is 33.9. The van der Waals surface area contributed by atoms with Gasteiger partial charge in [-0.25, -0.2) is 0 Å². The van der Waals surface area contributed by atoms with Gasteiger partial charge in [0.25, 0.3) is 29.5 Å². The lowest BCUT2D eigenvalue weighted by Crippen LogP contribution is -2.49. The summed E-state index contributed by atoms with van der Waals surface area (Å²) in [5.41, 5.74) is 5.63. The van der Waals surface area contributed by atoms with Crippen LogP contribution in [0, 0.1) is 0 Å². The first-order valence-electron chi connectivity index (χ1n) is 44.8. The van der Waals surface area contributed by atoms with Crippen LogP contribution in [-0.2, 0) is 49.5 Å². The van der Waals surface area contributed by atoms with E-state index in [0.29, 0.717) is 89.2 Å². The number of carbonyl (C=O) groups is 5. The number of para-hydroxylation sites is 4. The summed E-state index contributed by atoms with van der Waals surface area (Å²) >= 11 is 0. The van der Waals surface area contributed by atoms with Crippen LogP contribution in [0.15, 0.2) is 361 Å². The molecule has 16 aromatic carbocycles. The SMILES string of the molecule is CCc1ccc(Oc2cc3c4c(cc(Oc5ccc(Oc6cccc(CC7CO7)c6)cc5)c5c6c(Oc7ccc(Oc8cccc(CC9CO9)c8)cc7)cc7c8c(cc(Oc9ccc(Oc%10cccc(CC%11CO%11)c%10)cc9)c(c2c45)c86)C(=O)N(C(C(=O)N(c2ccccc2)c2ccccc2)c2ccco2)C7=O)C(O)N(C(C(=O)N(c2ccccc2)c2ccccc2)c2ccco2)C3=O)cc1. The number of ether oxygens (including phenoxy) is 10. The van der Waals surface area contributed by atoms with Gasteiger partial charge in [-0.1, -0.05) is 128 Å².